The minimum Gasteiger partial charge on any atom is -0.399 e. The molecule has 1 atom stereocenters. The summed E-state index contributed by atoms with van der Waals surface area (Å²) in [6.45, 7) is 2.72. The fourth-order valence-corrected chi connectivity index (χ4v) is 2.31. The molecule has 1 unspecified atom stereocenters. The summed E-state index contributed by atoms with van der Waals surface area (Å²) in [6, 6.07) is 6.95. The predicted octanol–water partition coefficient (Wildman–Crippen LogP) is 1.26. The van der Waals surface area contributed by atoms with Gasteiger partial charge in [0.25, 0.3) is 0 Å². The van der Waals surface area contributed by atoms with E-state index in [1.807, 2.05) is 6.92 Å². The van der Waals surface area contributed by atoms with Gasteiger partial charge >= 0.3 is 0 Å². The summed E-state index contributed by atoms with van der Waals surface area (Å²) in [5, 5.41) is 0. The van der Waals surface area contributed by atoms with E-state index < -0.39 is 9.71 Å². The second kappa shape index (κ2) is 4.48. The van der Waals surface area contributed by atoms with Crippen molar-refractivity contribution in [1.82, 2.24) is 4.72 Å². The third-order valence-electron chi connectivity index (χ3n) is 1.85. The number of nitrogens with two attached hydrogens (primary N) is 1. The van der Waals surface area contributed by atoms with E-state index in [0.717, 1.165) is 6.42 Å². The van der Waals surface area contributed by atoms with Crippen LogP contribution in [0.1, 0.15) is 13.3 Å². The first-order valence-electron chi connectivity index (χ1n) is 4.53. The Morgan fingerprint density at radius 2 is 2.00 bits per heavy atom. The molecule has 0 aliphatic heterocycles. The maximum absolute atomic E-state index is 12.0. The Labute approximate surface area is 85.5 Å². The van der Waals surface area contributed by atoms with Crippen molar-refractivity contribution < 1.29 is 4.21 Å². The minimum atomic E-state index is -2.34. The Balaban J connectivity index is 2.87. The van der Waals surface area contributed by atoms with Crippen molar-refractivity contribution in [3.8, 4) is 0 Å². The SMILES string of the molecule is C=S(=O)(NCCC)c1ccc(N)cc1. The summed E-state index contributed by atoms with van der Waals surface area (Å²) in [5.74, 6) is 3.68. The van der Waals surface area contributed by atoms with E-state index in [-0.39, 0.29) is 0 Å². The largest absolute Gasteiger partial charge is 0.399 e. The quantitative estimate of drug-likeness (QED) is 0.583. The van der Waals surface area contributed by atoms with E-state index in [2.05, 4.69) is 10.6 Å². The average molecular weight is 212 g/mol. The molecule has 0 aliphatic rings. The van der Waals surface area contributed by atoms with E-state index in [4.69, 9.17) is 5.73 Å². The molecule has 0 fully saturated rings. The Hall–Kier alpha value is -1.00. The van der Waals surface area contributed by atoms with Crippen molar-refractivity contribution >= 4 is 21.3 Å². The Morgan fingerprint density at radius 1 is 1.43 bits per heavy atom. The van der Waals surface area contributed by atoms with Crippen LogP contribution >= 0.6 is 0 Å². The van der Waals surface area contributed by atoms with E-state index >= 15 is 0 Å². The Morgan fingerprint density at radius 3 is 2.50 bits per heavy atom. The molecule has 0 bridgehead atoms. The molecule has 14 heavy (non-hydrogen) atoms. The third kappa shape index (κ3) is 2.75. The zero-order valence-corrected chi connectivity index (χ0v) is 9.14. The summed E-state index contributed by atoms with van der Waals surface area (Å²) in [6.07, 6.45) is 0.932. The lowest BCUT2D eigenvalue weighted by atomic mass is 10.3. The van der Waals surface area contributed by atoms with Crippen LogP contribution in [0.15, 0.2) is 29.2 Å². The molecular weight excluding hydrogens is 196 g/mol. The molecule has 4 heteroatoms. The molecule has 0 saturated carbocycles. The van der Waals surface area contributed by atoms with Crippen molar-refractivity contribution in [3.63, 3.8) is 0 Å². The molecule has 3 nitrogen and oxygen atoms in total. The maximum Gasteiger partial charge on any atom is 0.0533 e. The first-order valence-corrected chi connectivity index (χ1v) is 6.26. The molecule has 0 spiro atoms. The van der Waals surface area contributed by atoms with Crippen LogP contribution in [-0.2, 0) is 9.71 Å². The Kier molecular flexibility index (Phi) is 3.55. The van der Waals surface area contributed by atoms with Crippen LogP contribution in [0, 0.1) is 0 Å². The lowest BCUT2D eigenvalue weighted by molar-refractivity contribution is 0.668. The Bertz CT molecular complexity index is 381. The van der Waals surface area contributed by atoms with Gasteiger partial charge in [-0.05, 0) is 36.6 Å². The van der Waals surface area contributed by atoms with Gasteiger partial charge in [0.05, 0.1) is 9.71 Å². The van der Waals surface area contributed by atoms with Crippen molar-refractivity contribution in [2.24, 2.45) is 0 Å². The van der Waals surface area contributed by atoms with Gasteiger partial charge in [-0.3, -0.25) is 0 Å². The number of anilines is 1. The van der Waals surface area contributed by atoms with Gasteiger partial charge in [-0.25, -0.2) is 8.93 Å². The van der Waals surface area contributed by atoms with Crippen LogP contribution in [0.3, 0.4) is 0 Å². The standard InChI is InChI=1S/C10H16N2OS/c1-3-8-12-14(2,13)10-6-4-9(11)5-7-10/h4-7H,2-3,8,11H2,1H3,(H,12,13). The van der Waals surface area contributed by atoms with Crippen LogP contribution in [-0.4, -0.2) is 16.6 Å². The van der Waals surface area contributed by atoms with Crippen molar-refractivity contribution in [2.75, 3.05) is 12.3 Å². The summed E-state index contributed by atoms with van der Waals surface area (Å²) in [4.78, 5) is 0.695. The highest BCUT2D eigenvalue weighted by molar-refractivity contribution is 7.98. The van der Waals surface area contributed by atoms with Gasteiger partial charge < -0.3 is 5.73 Å². The third-order valence-corrected chi connectivity index (χ3v) is 3.55. The minimum absolute atomic E-state index is 0.666. The molecule has 1 aromatic rings. The van der Waals surface area contributed by atoms with Crippen molar-refractivity contribution in [3.05, 3.63) is 24.3 Å². The van der Waals surface area contributed by atoms with E-state index in [0.29, 0.717) is 17.1 Å². The van der Waals surface area contributed by atoms with Gasteiger partial charge in [0.15, 0.2) is 0 Å². The molecule has 0 saturated heterocycles. The monoisotopic (exact) mass is 212 g/mol. The smallest absolute Gasteiger partial charge is 0.0533 e. The molecule has 0 amide bonds. The molecule has 3 N–H and O–H groups in total. The van der Waals surface area contributed by atoms with Crippen molar-refractivity contribution in [1.29, 1.82) is 0 Å². The molecule has 1 aromatic carbocycles. The average Bonchev–Trinajstić information content (AvgIpc) is 2.16. The number of nitrogen functional groups attached to an aromatic ring is 1. The fraction of sp³-hybridized carbons (Fsp3) is 0.300. The summed E-state index contributed by atoms with van der Waals surface area (Å²) < 4.78 is 14.9. The number of hydrogen-bond donors (Lipinski definition) is 2. The maximum atomic E-state index is 12.0. The highest BCUT2D eigenvalue weighted by Crippen LogP contribution is 2.10. The molecular formula is C10H16N2OS. The van der Waals surface area contributed by atoms with Crippen molar-refractivity contribution in [2.45, 2.75) is 18.2 Å². The number of nitrogens with one attached hydrogen (secondary N) is 1. The first-order chi connectivity index (χ1) is 6.56. The zero-order valence-electron chi connectivity index (χ0n) is 8.32. The van der Waals surface area contributed by atoms with Crippen LogP contribution in [0.25, 0.3) is 0 Å². The molecule has 0 aromatic heterocycles. The summed E-state index contributed by atoms with van der Waals surface area (Å²) in [5.41, 5.74) is 6.20. The van der Waals surface area contributed by atoms with E-state index in [1.54, 1.807) is 24.3 Å². The first kappa shape index (κ1) is 11.1. The number of rotatable bonds is 4. The van der Waals surface area contributed by atoms with Gasteiger partial charge in [0, 0.05) is 17.1 Å². The predicted molar refractivity (Wildman–Crippen MR) is 62.7 cm³/mol. The second-order valence-electron chi connectivity index (χ2n) is 3.14. The topological polar surface area (TPSA) is 55.1 Å². The van der Waals surface area contributed by atoms with Gasteiger partial charge in [-0.15, -0.1) is 0 Å². The van der Waals surface area contributed by atoms with Crippen LogP contribution in [0.4, 0.5) is 5.69 Å². The second-order valence-corrected chi connectivity index (χ2v) is 5.25. The summed E-state index contributed by atoms with van der Waals surface area (Å²) in [7, 11) is -2.34. The zero-order chi connectivity index (χ0) is 10.6. The highest BCUT2D eigenvalue weighted by atomic mass is 32.2. The van der Waals surface area contributed by atoms with Gasteiger partial charge in [0.2, 0.25) is 0 Å². The summed E-state index contributed by atoms with van der Waals surface area (Å²) >= 11 is 0. The van der Waals surface area contributed by atoms with Gasteiger partial charge in [-0.1, -0.05) is 6.92 Å². The normalized spacial score (nSPS) is 14.9. The van der Waals surface area contributed by atoms with E-state index in [1.165, 1.54) is 0 Å². The fourth-order valence-electron chi connectivity index (χ4n) is 1.04. The highest BCUT2D eigenvalue weighted by Gasteiger charge is 2.04. The van der Waals surface area contributed by atoms with E-state index in [9.17, 15) is 4.21 Å². The molecule has 0 aliphatic carbocycles. The van der Waals surface area contributed by atoms with Crippen LogP contribution < -0.4 is 10.5 Å². The van der Waals surface area contributed by atoms with Crippen LogP contribution in [0.2, 0.25) is 0 Å². The number of hydrogen-bond acceptors (Lipinski definition) is 2. The van der Waals surface area contributed by atoms with Gasteiger partial charge in [0.1, 0.15) is 0 Å². The van der Waals surface area contributed by atoms with Gasteiger partial charge in [-0.2, -0.15) is 0 Å². The molecule has 78 valence electrons. The van der Waals surface area contributed by atoms with Crippen LogP contribution in [0.5, 0.6) is 0 Å². The number of benzene rings is 1. The lowest BCUT2D eigenvalue weighted by Gasteiger charge is -2.10. The lowest BCUT2D eigenvalue weighted by Crippen LogP contribution is -2.24. The molecule has 0 radical (unpaired) electrons. The molecule has 1 rings (SSSR count). The molecule has 0 heterocycles.